The van der Waals surface area contributed by atoms with Gasteiger partial charge in [0.2, 0.25) is 0 Å². The molecule has 1 heterocycles. The van der Waals surface area contributed by atoms with Crippen LogP contribution in [0.3, 0.4) is 0 Å². The van der Waals surface area contributed by atoms with Crippen LogP contribution in [0.1, 0.15) is 0 Å². The molecule has 0 atom stereocenters. The minimum absolute atomic E-state index is 0.117. The van der Waals surface area contributed by atoms with E-state index >= 15 is 0 Å². The van der Waals surface area contributed by atoms with Gasteiger partial charge in [0.25, 0.3) is 0 Å². The van der Waals surface area contributed by atoms with Gasteiger partial charge in [-0.2, -0.15) is 0 Å². The molecule has 1 aromatic heterocycles. The van der Waals surface area contributed by atoms with Crippen LogP contribution in [-0.2, 0) is 0 Å². The van der Waals surface area contributed by atoms with E-state index in [9.17, 15) is 10.2 Å². The van der Waals surface area contributed by atoms with Crippen molar-refractivity contribution in [2.24, 2.45) is 0 Å². The molecule has 0 aliphatic heterocycles. The number of pyridine rings is 1. The summed E-state index contributed by atoms with van der Waals surface area (Å²) in [7, 11) is 0. The molecule has 0 bridgehead atoms. The molecule has 0 fully saturated rings. The summed E-state index contributed by atoms with van der Waals surface area (Å²) in [5.74, 6) is 0.316. The van der Waals surface area contributed by atoms with Crippen LogP contribution in [0.4, 0.5) is 0 Å². The lowest BCUT2D eigenvalue weighted by Crippen LogP contribution is -1.79. The Kier molecular flexibility index (Phi) is 2.07. The third kappa shape index (κ3) is 1.66. The lowest BCUT2D eigenvalue weighted by Gasteiger charge is -2.01. The quantitative estimate of drug-likeness (QED) is 0.719. The first-order chi connectivity index (χ1) is 6.75. The van der Waals surface area contributed by atoms with Crippen molar-refractivity contribution in [2.75, 3.05) is 0 Å². The van der Waals surface area contributed by atoms with Gasteiger partial charge in [0.1, 0.15) is 11.5 Å². The molecule has 0 aliphatic carbocycles. The number of nitrogens with zero attached hydrogens (tertiary/aromatic N) is 1. The van der Waals surface area contributed by atoms with Gasteiger partial charge in [-0.1, -0.05) is 12.1 Å². The monoisotopic (exact) mass is 187 g/mol. The number of rotatable bonds is 1. The van der Waals surface area contributed by atoms with Crippen LogP contribution >= 0.6 is 0 Å². The first-order valence-electron chi connectivity index (χ1n) is 4.19. The molecule has 2 N–H and O–H groups in total. The summed E-state index contributed by atoms with van der Waals surface area (Å²) in [6.45, 7) is 0. The van der Waals surface area contributed by atoms with Crippen LogP contribution in [0.25, 0.3) is 11.1 Å². The summed E-state index contributed by atoms with van der Waals surface area (Å²) in [6, 6.07) is 8.41. The maximum Gasteiger partial charge on any atom is 0.134 e. The number of phenolic OH excluding ortho intramolecular Hbond substituents is 1. The highest BCUT2D eigenvalue weighted by atomic mass is 16.3. The average Bonchev–Trinajstić information content (AvgIpc) is 2.18. The highest BCUT2D eigenvalue weighted by molar-refractivity contribution is 5.65. The molecular formula is C11H9NO2. The number of benzene rings is 1. The zero-order valence-corrected chi connectivity index (χ0v) is 7.38. The molecule has 0 radical (unpaired) electrons. The van der Waals surface area contributed by atoms with E-state index in [1.165, 1.54) is 6.20 Å². The Morgan fingerprint density at radius 3 is 2.36 bits per heavy atom. The summed E-state index contributed by atoms with van der Waals surface area (Å²) >= 11 is 0. The molecule has 0 spiro atoms. The second kappa shape index (κ2) is 3.38. The standard InChI is InChI=1S/C11H9NO2/c13-10-3-1-2-8(4-10)9-5-11(14)7-12-6-9/h1-7,13-14H. The maximum absolute atomic E-state index is 9.26. The average molecular weight is 187 g/mol. The van der Waals surface area contributed by atoms with Gasteiger partial charge < -0.3 is 10.2 Å². The van der Waals surface area contributed by atoms with Crippen molar-refractivity contribution in [2.45, 2.75) is 0 Å². The summed E-state index contributed by atoms with van der Waals surface area (Å²) in [5.41, 5.74) is 1.61. The fourth-order valence-corrected chi connectivity index (χ4v) is 1.27. The van der Waals surface area contributed by atoms with Crippen molar-refractivity contribution in [1.82, 2.24) is 4.98 Å². The molecule has 3 heteroatoms. The van der Waals surface area contributed by atoms with Gasteiger partial charge in [0.15, 0.2) is 0 Å². The maximum atomic E-state index is 9.26. The van der Waals surface area contributed by atoms with E-state index < -0.39 is 0 Å². The van der Waals surface area contributed by atoms with Gasteiger partial charge in [-0.3, -0.25) is 4.98 Å². The molecule has 0 saturated heterocycles. The van der Waals surface area contributed by atoms with Gasteiger partial charge in [-0.25, -0.2) is 0 Å². The van der Waals surface area contributed by atoms with Gasteiger partial charge in [-0.05, 0) is 23.8 Å². The van der Waals surface area contributed by atoms with Gasteiger partial charge in [-0.15, -0.1) is 0 Å². The predicted octanol–water partition coefficient (Wildman–Crippen LogP) is 2.16. The molecule has 1 aromatic carbocycles. The first kappa shape index (κ1) is 8.56. The van der Waals surface area contributed by atoms with E-state index in [0.717, 1.165) is 11.1 Å². The molecule has 2 rings (SSSR count). The van der Waals surface area contributed by atoms with Crippen molar-refractivity contribution in [3.63, 3.8) is 0 Å². The molecule has 70 valence electrons. The molecular weight excluding hydrogens is 178 g/mol. The minimum atomic E-state index is 0.117. The highest BCUT2D eigenvalue weighted by Crippen LogP contribution is 2.24. The third-order valence-electron chi connectivity index (χ3n) is 1.90. The van der Waals surface area contributed by atoms with Crippen molar-refractivity contribution < 1.29 is 10.2 Å². The smallest absolute Gasteiger partial charge is 0.134 e. The van der Waals surface area contributed by atoms with Crippen molar-refractivity contribution >= 4 is 0 Å². The largest absolute Gasteiger partial charge is 0.508 e. The van der Waals surface area contributed by atoms with E-state index in [-0.39, 0.29) is 11.5 Å². The molecule has 0 saturated carbocycles. The van der Waals surface area contributed by atoms with E-state index in [1.54, 1.807) is 30.5 Å². The van der Waals surface area contributed by atoms with Crippen LogP contribution in [0.15, 0.2) is 42.7 Å². The van der Waals surface area contributed by atoms with E-state index in [2.05, 4.69) is 4.98 Å². The zero-order valence-electron chi connectivity index (χ0n) is 7.38. The third-order valence-corrected chi connectivity index (χ3v) is 1.90. The molecule has 0 aliphatic rings. The Bertz CT molecular complexity index is 411. The van der Waals surface area contributed by atoms with Crippen LogP contribution in [0.2, 0.25) is 0 Å². The fraction of sp³-hybridized carbons (Fsp3) is 0. The summed E-state index contributed by atoms with van der Waals surface area (Å²) < 4.78 is 0. The van der Waals surface area contributed by atoms with Crippen molar-refractivity contribution in [1.29, 1.82) is 0 Å². The Hall–Kier alpha value is -2.03. The second-order valence-electron chi connectivity index (χ2n) is 2.98. The minimum Gasteiger partial charge on any atom is -0.508 e. The number of aromatic hydroxyl groups is 2. The van der Waals surface area contributed by atoms with E-state index in [1.807, 2.05) is 6.07 Å². The summed E-state index contributed by atoms with van der Waals surface area (Å²) in [6.07, 6.45) is 3.00. The Balaban J connectivity index is 2.49. The molecule has 14 heavy (non-hydrogen) atoms. The van der Waals surface area contributed by atoms with E-state index in [0.29, 0.717) is 0 Å². The lowest BCUT2D eigenvalue weighted by atomic mass is 10.1. The second-order valence-corrected chi connectivity index (χ2v) is 2.98. The Morgan fingerprint density at radius 1 is 0.857 bits per heavy atom. The number of phenols is 1. The summed E-state index contributed by atoms with van der Waals surface area (Å²) in [5, 5.41) is 18.5. The van der Waals surface area contributed by atoms with Crippen LogP contribution < -0.4 is 0 Å². The molecule has 3 nitrogen and oxygen atoms in total. The molecule has 0 unspecified atom stereocenters. The van der Waals surface area contributed by atoms with Crippen LogP contribution in [0.5, 0.6) is 11.5 Å². The van der Waals surface area contributed by atoms with Crippen molar-refractivity contribution in [3.8, 4) is 22.6 Å². The van der Waals surface area contributed by atoms with Crippen LogP contribution in [-0.4, -0.2) is 15.2 Å². The Labute approximate surface area is 81.3 Å². The van der Waals surface area contributed by atoms with E-state index in [4.69, 9.17) is 0 Å². The van der Waals surface area contributed by atoms with Gasteiger partial charge >= 0.3 is 0 Å². The predicted molar refractivity (Wildman–Crippen MR) is 53.0 cm³/mol. The topological polar surface area (TPSA) is 53.4 Å². The van der Waals surface area contributed by atoms with Gasteiger partial charge in [0.05, 0.1) is 6.20 Å². The molecule has 2 aromatic rings. The number of hydrogen-bond acceptors (Lipinski definition) is 3. The zero-order chi connectivity index (χ0) is 9.97. The highest BCUT2D eigenvalue weighted by Gasteiger charge is 1.99. The first-order valence-corrected chi connectivity index (χ1v) is 4.19. The normalized spacial score (nSPS) is 10.0. The lowest BCUT2D eigenvalue weighted by molar-refractivity contribution is 0.472. The SMILES string of the molecule is Oc1cccc(-c2cncc(O)c2)c1. The summed E-state index contributed by atoms with van der Waals surface area (Å²) in [4.78, 5) is 3.86. The molecule has 0 amide bonds. The number of aromatic nitrogens is 1. The number of hydrogen-bond donors (Lipinski definition) is 2. The van der Waals surface area contributed by atoms with Crippen molar-refractivity contribution in [3.05, 3.63) is 42.7 Å². The Morgan fingerprint density at radius 2 is 1.64 bits per heavy atom. The fourth-order valence-electron chi connectivity index (χ4n) is 1.27. The van der Waals surface area contributed by atoms with Gasteiger partial charge in [0, 0.05) is 11.8 Å². The van der Waals surface area contributed by atoms with Crippen LogP contribution in [0, 0.1) is 0 Å².